The SMILES string of the molecule is Cc1cc(-c2ccccc2C(F)(F)F)cnc1N. The van der Waals surface area contributed by atoms with Gasteiger partial charge in [0.1, 0.15) is 5.82 Å². The number of halogens is 3. The number of hydrogen-bond donors (Lipinski definition) is 1. The fourth-order valence-electron chi connectivity index (χ4n) is 1.71. The van der Waals surface area contributed by atoms with Gasteiger partial charge in [0.15, 0.2) is 0 Å². The number of nitrogen functional groups attached to an aromatic ring is 1. The van der Waals surface area contributed by atoms with Crippen LogP contribution in [0.1, 0.15) is 11.1 Å². The number of rotatable bonds is 1. The van der Waals surface area contributed by atoms with Crippen LogP contribution in [-0.4, -0.2) is 4.98 Å². The molecule has 5 heteroatoms. The first-order chi connectivity index (χ1) is 8.39. The lowest BCUT2D eigenvalue weighted by atomic mass is 10.00. The van der Waals surface area contributed by atoms with E-state index in [1.807, 2.05) is 0 Å². The molecule has 2 aromatic rings. The minimum Gasteiger partial charge on any atom is -0.383 e. The largest absolute Gasteiger partial charge is 0.417 e. The van der Waals surface area contributed by atoms with Crippen molar-refractivity contribution in [3.05, 3.63) is 47.7 Å². The minimum atomic E-state index is -4.38. The van der Waals surface area contributed by atoms with Gasteiger partial charge in [0, 0.05) is 11.8 Å². The van der Waals surface area contributed by atoms with E-state index in [0.29, 0.717) is 16.9 Å². The van der Waals surface area contributed by atoms with Gasteiger partial charge in [-0.25, -0.2) is 4.98 Å². The van der Waals surface area contributed by atoms with Crippen molar-refractivity contribution in [1.82, 2.24) is 4.98 Å². The number of alkyl halides is 3. The summed E-state index contributed by atoms with van der Waals surface area (Å²) in [6.07, 6.45) is -3.03. The molecule has 0 aliphatic rings. The molecule has 1 heterocycles. The Labute approximate surface area is 102 Å². The number of aryl methyl sites for hydroxylation is 1. The lowest BCUT2D eigenvalue weighted by Crippen LogP contribution is -2.07. The first-order valence-corrected chi connectivity index (χ1v) is 5.28. The van der Waals surface area contributed by atoms with Crippen LogP contribution in [0.5, 0.6) is 0 Å². The van der Waals surface area contributed by atoms with Gasteiger partial charge in [0.2, 0.25) is 0 Å². The molecule has 0 fully saturated rings. The van der Waals surface area contributed by atoms with E-state index in [1.54, 1.807) is 19.1 Å². The highest BCUT2D eigenvalue weighted by atomic mass is 19.4. The van der Waals surface area contributed by atoms with Gasteiger partial charge in [0.05, 0.1) is 5.56 Å². The third-order valence-corrected chi connectivity index (χ3v) is 2.66. The lowest BCUT2D eigenvalue weighted by Gasteiger charge is -2.13. The predicted octanol–water partition coefficient (Wildman–Crippen LogP) is 3.66. The summed E-state index contributed by atoms with van der Waals surface area (Å²) in [5, 5.41) is 0. The Morgan fingerprint density at radius 2 is 1.83 bits per heavy atom. The van der Waals surface area contributed by atoms with Crippen molar-refractivity contribution in [3.63, 3.8) is 0 Å². The Morgan fingerprint density at radius 1 is 1.17 bits per heavy atom. The molecular weight excluding hydrogens is 241 g/mol. The first kappa shape index (κ1) is 12.4. The molecule has 1 aromatic heterocycles. The van der Waals surface area contributed by atoms with Crippen molar-refractivity contribution in [2.24, 2.45) is 0 Å². The summed E-state index contributed by atoms with van der Waals surface area (Å²) in [4.78, 5) is 3.89. The summed E-state index contributed by atoms with van der Waals surface area (Å²) in [5.74, 6) is 0.322. The second-order valence-electron chi connectivity index (χ2n) is 3.97. The second-order valence-corrected chi connectivity index (χ2v) is 3.97. The van der Waals surface area contributed by atoms with Crippen molar-refractivity contribution >= 4 is 5.82 Å². The van der Waals surface area contributed by atoms with Gasteiger partial charge >= 0.3 is 6.18 Å². The Bertz CT molecular complexity index is 577. The predicted molar refractivity (Wildman–Crippen MR) is 63.8 cm³/mol. The average molecular weight is 252 g/mol. The number of aromatic nitrogens is 1. The molecule has 2 N–H and O–H groups in total. The molecule has 2 nitrogen and oxygen atoms in total. The molecule has 0 aliphatic heterocycles. The van der Waals surface area contributed by atoms with E-state index in [9.17, 15) is 13.2 Å². The number of nitrogens with zero attached hydrogens (tertiary/aromatic N) is 1. The molecule has 1 aromatic carbocycles. The quantitative estimate of drug-likeness (QED) is 0.841. The van der Waals surface area contributed by atoms with Crippen molar-refractivity contribution in [2.45, 2.75) is 13.1 Å². The van der Waals surface area contributed by atoms with Gasteiger partial charge in [-0.3, -0.25) is 0 Å². The number of hydrogen-bond acceptors (Lipinski definition) is 2. The Morgan fingerprint density at radius 3 is 2.44 bits per heavy atom. The molecule has 0 saturated carbocycles. The topological polar surface area (TPSA) is 38.9 Å². The molecule has 0 aliphatic carbocycles. The van der Waals surface area contributed by atoms with Crippen LogP contribution >= 0.6 is 0 Å². The van der Waals surface area contributed by atoms with Crippen molar-refractivity contribution in [2.75, 3.05) is 5.73 Å². The highest BCUT2D eigenvalue weighted by Crippen LogP contribution is 2.37. The van der Waals surface area contributed by atoms with Gasteiger partial charge in [-0.15, -0.1) is 0 Å². The fraction of sp³-hybridized carbons (Fsp3) is 0.154. The van der Waals surface area contributed by atoms with Crippen LogP contribution in [0.4, 0.5) is 19.0 Å². The average Bonchev–Trinajstić information content (AvgIpc) is 2.32. The maximum absolute atomic E-state index is 12.9. The van der Waals surface area contributed by atoms with Gasteiger partial charge in [-0.1, -0.05) is 18.2 Å². The fourth-order valence-corrected chi connectivity index (χ4v) is 1.71. The van der Waals surface area contributed by atoms with Crippen LogP contribution in [0, 0.1) is 6.92 Å². The van der Waals surface area contributed by atoms with E-state index in [2.05, 4.69) is 4.98 Å². The molecule has 94 valence electrons. The van der Waals surface area contributed by atoms with Crippen LogP contribution in [0.3, 0.4) is 0 Å². The Hall–Kier alpha value is -2.04. The monoisotopic (exact) mass is 252 g/mol. The number of nitrogens with two attached hydrogens (primary N) is 1. The Balaban J connectivity index is 2.61. The molecular formula is C13H11F3N2. The maximum atomic E-state index is 12.9. The second kappa shape index (κ2) is 4.33. The minimum absolute atomic E-state index is 0.112. The molecule has 0 unspecified atom stereocenters. The first-order valence-electron chi connectivity index (χ1n) is 5.28. The van der Waals surface area contributed by atoms with E-state index in [-0.39, 0.29) is 5.56 Å². The van der Waals surface area contributed by atoms with Crippen molar-refractivity contribution in [3.8, 4) is 11.1 Å². The number of benzene rings is 1. The summed E-state index contributed by atoms with van der Waals surface area (Å²) < 4.78 is 38.6. The summed E-state index contributed by atoms with van der Waals surface area (Å²) in [6, 6.07) is 7.02. The highest BCUT2D eigenvalue weighted by molar-refractivity contribution is 5.69. The highest BCUT2D eigenvalue weighted by Gasteiger charge is 2.33. The van der Waals surface area contributed by atoms with E-state index >= 15 is 0 Å². The maximum Gasteiger partial charge on any atom is 0.417 e. The molecule has 0 atom stereocenters. The van der Waals surface area contributed by atoms with E-state index in [0.717, 1.165) is 6.07 Å². The molecule has 0 radical (unpaired) electrons. The standard InChI is InChI=1S/C13H11F3N2/c1-8-6-9(7-18-12(8)17)10-4-2-3-5-11(10)13(14,15)16/h2-7H,1H3,(H2,17,18). The van der Waals surface area contributed by atoms with Crippen molar-refractivity contribution < 1.29 is 13.2 Å². The van der Waals surface area contributed by atoms with Crippen LogP contribution < -0.4 is 5.73 Å². The third-order valence-electron chi connectivity index (χ3n) is 2.66. The summed E-state index contributed by atoms with van der Waals surface area (Å²) >= 11 is 0. The van der Waals surface area contributed by atoms with Crippen LogP contribution in [0.25, 0.3) is 11.1 Å². The van der Waals surface area contributed by atoms with E-state index < -0.39 is 11.7 Å². The van der Waals surface area contributed by atoms with Crippen LogP contribution in [0.2, 0.25) is 0 Å². The van der Waals surface area contributed by atoms with Gasteiger partial charge in [-0.2, -0.15) is 13.2 Å². The molecule has 2 rings (SSSR count). The zero-order valence-electron chi connectivity index (χ0n) is 9.62. The third kappa shape index (κ3) is 2.30. The van der Waals surface area contributed by atoms with E-state index in [4.69, 9.17) is 5.73 Å². The van der Waals surface area contributed by atoms with Crippen LogP contribution in [0.15, 0.2) is 36.5 Å². The van der Waals surface area contributed by atoms with Gasteiger partial charge < -0.3 is 5.73 Å². The van der Waals surface area contributed by atoms with Crippen LogP contribution in [-0.2, 0) is 6.18 Å². The summed E-state index contributed by atoms with van der Waals surface area (Å²) in [7, 11) is 0. The van der Waals surface area contributed by atoms with Gasteiger partial charge in [-0.05, 0) is 30.2 Å². The molecule has 18 heavy (non-hydrogen) atoms. The molecule has 0 spiro atoms. The lowest BCUT2D eigenvalue weighted by molar-refractivity contribution is -0.137. The normalized spacial score (nSPS) is 11.6. The van der Waals surface area contributed by atoms with E-state index in [1.165, 1.54) is 18.3 Å². The zero-order chi connectivity index (χ0) is 13.3. The Kier molecular flexibility index (Phi) is 2.98. The smallest absolute Gasteiger partial charge is 0.383 e. The molecule has 0 bridgehead atoms. The van der Waals surface area contributed by atoms with Crippen molar-refractivity contribution in [1.29, 1.82) is 0 Å². The van der Waals surface area contributed by atoms with Gasteiger partial charge in [0.25, 0.3) is 0 Å². The molecule has 0 saturated heterocycles. The summed E-state index contributed by atoms with van der Waals surface area (Å²) in [5.41, 5.74) is 6.07. The number of anilines is 1. The summed E-state index contributed by atoms with van der Waals surface area (Å²) in [6.45, 7) is 1.71. The zero-order valence-corrected chi connectivity index (χ0v) is 9.62. The molecule has 0 amide bonds. The number of pyridine rings is 1.